The summed E-state index contributed by atoms with van der Waals surface area (Å²) in [5, 5.41) is 0. The molecule has 0 spiro atoms. The molecule has 3 nitrogen and oxygen atoms in total. The normalized spacial score (nSPS) is 11.6. The number of hydrogen-bond donors (Lipinski definition) is 0. The summed E-state index contributed by atoms with van der Waals surface area (Å²) >= 11 is 0. The lowest BCUT2D eigenvalue weighted by Crippen LogP contribution is -2.25. The Bertz CT molecular complexity index is 436. The van der Waals surface area contributed by atoms with Gasteiger partial charge in [0, 0.05) is 19.3 Å². The molecule has 0 heterocycles. The van der Waals surface area contributed by atoms with Gasteiger partial charge in [-0.1, -0.05) is 23.8 Å². The maximum absolute atomic E-state index is 12.0. The first-order chi connectivity index (χ1) is 8.85. The van der Waals surface area contributed by atoms with Crippen molar-refractivity contribution in [3.8, 4) is 0 Å². The molecule has 0 saturated carbocycles. The van der Waals surface area contributed by atoms with Gasteiger partial charge in [0.1, 0.15) is 6.61 Å². The fourth-order valence-corrected chi connectivity index (χ4v) is 1.79. The van der Waals surface area contributed by atoms with E-state index in [0.717, 1.165) is 23.1 Å². The lowest BCUT2D eigenvalue weighted by atomic mass is 10.0. The quantitative estimate of drug-likeness (QED) is 0.560. The Morgan fingerprint density at radius 1 is 1.26 bits per heavy atom. The number of methoxy groups -OCH3 is 1. The van der Waals surface area contributed by atoms with Gasteiger partial charge in [0.2, 0.25) is 0 Å². The SMILES string of the molecule is COC(C)(C)CCOCC(=O)c1ccc(C)cc1C. The third-order valence-corrected chi connectivity index (χ3v) is 3.32. The molecule has 0 fully saturated rings. The van der Waals surface area contributed by atoms with Crippen LogP contribution in [0.15, 0.2) is 18.2 Å². The number of hydrogen-bond acceptors (Lipinski definition) is 3. The van der Waals surface area contributed by atoms with Crippen LogP contribution in [-0.4, -0.2) is 31.7 Å². The summed E-state index contributed by atoms with van der Waals surface area (Å²) in [6.45, 7) is 8.63. The maximum Gasteiger partial charge on any atom is 0.188 e. The second-order valence-corrected chi connectivity index (χ2v) is 5.51. The highest BCUT2D eigenvalue weighted by Crippen LogP contribution is 2.14. The minimum absolute atomic E-state index is 0.0349. The van der Waals surface area contributed by atoms with Gasteiger partial charge < -0.3 is 9.47 Å². The Balaban J connectivity index is 2.44. The topological polar surface area (TPSA) is 35.5 Å². The molecule has 0 N–H and O–H groups in total. The van der Waals surface area contributed by atoms with Gasteiger partial charge in [0.25, 0.3) is 0 Å². The first-order valence-corrected chi connectivity index (χ1v) is 6.59. The van der Waals surface area contributed by atoms with Crippen LogP contribution in [-0.2, 0) is 9.47 Å². The molecule has 1 rings (SSSR count). The van der Waals surface area contributed by atoms with E-state index < -0.39 is 0 Å². The fourth-order valence-electron chi connectivity index (χ4n) is 1.79. The first kappa shape index (κ1) is 15.9. The maximum atomic E-state index is 12.0. The number of aryl methyl sites for hydroxylation is 2. The number of Topliss-reactive ketones (excluding diaryl/α,β-unsaturated/α-hetero) is 1. The predicted molar refractivity (Wildman–Crippen MR) is 76.8 cm³/mol. The number of ketones is 1. The predicted octanol–water partition coefficient (Wildman–Crippen LogP) is 3.32. The van der Waals surface area contributed by atoms with E-state index in [2.05, 4.69) is 0 Å². The van der Waals surface area contributed by atoms with Gasteiger partial charge in [-0.3, -0.25) is 4.79 Å². The molecule has 1 aromatic rings. The number of rotatable bonds is 7. The Morgan fingerprint density at radius 3 is 2.53 bits per heavy atom. The zero-order valence-electron chi connectivity index (χ0n) is 12.6. The van der Waals surface area contributed by atoms with Crippen molar-refractivity contribution < 1.29 is 14.3 Å². The summed E-state index contributed by atoms with van der Waals surface area (Å²) in [7, 11) is 1.68. The van der Waals surface area contributed by atoms with Gasteiger partial charge in [-0.15, -0.1) is 0 Å². The minimum Gasteiger partial charge on any atom is -0.379 e. The lowest BCUT2D eigenvalue weighted by Gasteiger charge is -2.22. The summed E-state index contributed by atoms with van der Waals surface area (Å²) in [6, 6.07) is 5.84. The van der Waals surface area contributed by atoms with Gasteiger partial charge in [-0.2, -0.15) is 0 Å². The van der Waals surface area contributed by atoms with Crippen molar-refractivity contribution in [2.24, 2.45) is 0 Å². The van der Waals surface area contributed by atoms with Gasteiger partial charge in [0.15, 0.2) is 5.78 Å². The average Bonchev–Trinajstić information content (AvgIpc) is 2.34. The molecule has 0 aliphatic carbocycles. The third-order valence-electron chi connectivity index (χ3n) is 3.32. The van der Waals surface area contributed by atoms with Crippen LogP contribution in [0.1, 0.15) is 41.8 Å². The van der Waals surface area contributed by atoms with Gasteiger partial charge in [0.05, 0.1) is 5.60 Å². The molecule has 0 aromatic heterocycles. The van der Waals surface area contributed by atoms with Crippen LogP contribution in [0, 0.1) is 13.8 Å². The summed E-state index contributed by atoms with van der Waals surface area (Å²) < 4.78 is 10.7. The third kappa shape index (κ3) is 5.13. The standard InChI is InChI=1S/C16H24O3/c1-12-6-7-14(13(2)10-12)15(17)11-19-9-8-16(3,4)18-5/h6-7,10H,8-9,11H2,1-5H3. The van der Waals surface area contributed by atoms with E-state index in [1.165, 1.54) is 0 Å². The summed E-state index contributed by atoms with van der Waals surface area (Å²) in [6.07, 6.45) is 0.768. The molecule has 106 valence electrons. The molecule has 1 aromatic carbocycles. The molecule has 0 radical (unpaired) electrons. The zero-order valence-corrected chi connectivity index (χ0v) is 12.6. The van der Waals surface area contributed by atoms with Crippen molar-refractivity contribution in [2.45, 2.75) is 39.7 Å². The Morgan fingerprint density at radius 2 is 1.95 bits per heavy atom. The van der Waals surface area contributed by atoms with Crippen molar-refractivity contribution in [2.75, 3.05) is 20.3 Å². The first-order valence-electron chi connectivity index (χ1n) is 6.59. The van der Waals surface area contributed by atoms with E-state index in [0.29, 0.717) is 6.61 Å². The average molecular weight is 264 g/mol. The van der Waals surface area contributed by atoms with Crippen LogP contribution >= 0.6 is 0 Å². The Labute approximate surface area is 115 Å². The van der Waals surface area contributed by atoms with Crippen molar-refractivity contribution in [1.29, 1.82) is 0 Å². The molecule has 3 heteroatoms. The Hall–Kier alpha value is -1.19. The van der Waals surface area contributed by atoms with E-state index in [1.807, 2.05) is 45.9 Å². The number of ether oxygens (including phenoxy) is 2. The summed E-state index contributed by atoms with van der Waals surface area (Å²) in [5.41, 5.74) is 2.71. The molecular weight excluding hydrogens is 240 g/mol. The van der Waals surface area contributed by atoms with Crippen LogP contribution in [0.4, 0.5) is 0 Å². The van der Waals surface area contributed by atoms with Gasteiger partial charge in [-0.25, -0.2) is 0 Å². The van der Waals surface area contributed by atoms with Crippen molar-refractivity contribution in [3.05, 3.63) is 34.9 Å². The van der Waals surface area contributed by atoms with Crippen molar-refractivity contribution in [1.82, 2.24) is 0 Å². The highest BCUT2D eigenvalue weighted by atomic mass is 16.5. The summed E-state index contributed by atoms with van der Waals surface area (Å²) in [4.78, 5) is 12.0. The summed E-state index contributed by atoms with van der Waals surface area (Å²) in [5.74, 6) is 0.0349. The van der Waals surface area contributed by atoms with Gasteiger partial charge in [-0.05, 0) is 39.7 Å². The van der Waals surface area contributed by atoms with Crippen molar-refractivity contribution in [3.63, 3.8) is 0 Å². The molecule has 0 bridgehead atoms. The van der Waals surface area contributed by atoms with Crippen LogP contribution in [0.2, 0.25) is 0 Å². The molecule has 0 atom stereocenters. The van der Waals surface area contributed by atoms with E-state index in [-0.39, 0.29) is 18.0 Å². The number of carbonyl (C=O) groups is 1. The number of benzene rings is 1. The fraction of sp³-hybridized carbons (Fsp3) is 0.562. The van der Waals surface area contributed by atoms with E-state index >= 15 is 0 Å². The van der Waals surface area contributed by atoms with E-state index in [4.69, 9.17) is 9.47 Å². The van der Waals surface area contributed by atoms with E-state index in [1.54, 1.807) is 7.11 Å². The molecule has 0 amide bonds. The highest BCUT2D eigenvalue weighted by Gasteiger charge is 2.16. The van der Waals surface area contributed by atoms with Crippen LogP contribution in [0.3, 0.4) is 0 Å². The monoisotopic (exact) mass is 264 g/mol. The second kappa shape index (κ2) is 6.83. The molecule has 0 saturated heterocycles. The van der Waals surface area contributed by atoms with Crippen LogP contribution < -0.4 is 0 Å². The lowest BCUT2D eigenvalue weighted by molar-refractivity contribution is -0.00837. The Kier molecular flexibility index (Phi) is 5.70. The second-order valence-electron chi connectivity index (χ2n) is 5.51. The molecule has 0 unspecified atom stereocenters. The smallest absolute Gasteiger partial charge is 0.188 e. The molecule has 0 aliphatic heterocycles. The molecular formula is C16H24O3. The van der Waals surface area contributed by atoms with Gasteiger partial charge >= 0.3 is 0 Å². The van der Waals surface area contributed by atoms with E-state index in [9.17, 15) is 4.79 Å². The van der Waals surface area contributed by atoms with Crippen LogP contribution in [0.25, 0.3) is 0 Å². The number of carbonyl (C=O) groups excluding carboxylic acids is 1. The van der Waals surface area contributed by atoms with Crippen molar-refractivity contribution >= 4 is 5.78 Å². The highest BCUT2D eigenvalue weighted by molar-refractivity contribution is 5.98. The van der Waals surface area contributed by atoms with Crippen LogP contribution in [0.5, 0.6) is 0 Å². The largest absolute Gasteiger partial charge is 0.379 e. The minimum atomic E-state index is -0.206. The zero-order chi connectivity index (χ0) is 14.5. The molecule has 0 aliphatic rings. The molecule has 19 heavy (non-hydrogen) atoms.